The second kappa shape index (κ2) is 8.60. The Labute approximate surface area is 153 Å². The van der Waals surface area contributed by atoms with Crippen LogP contribution in [0.1, 0.15) is 30.3 Å². The van der Waals surface area contributed by atoms with Gasteiger partial charge in [-0.05, 0) is 19.4 Å². The maximum Gasteiger partial charge on any atom is 0.246 e. The van der Waals surface area contributed by atoms with Crippen molar-refractivity contribution in [3.63, 3.8) is 0 Å². The number of carbonyl (C=O) groups excluding carboxylic acids is 1. The molecule has 2 aliphatic rings. The van der Waals surface area contributed by atoms with Crippen molar-refractivity contribution in [3.8, 4) is 0 Å². The molecule has 1 amide bonds. The van der Waals surface area contributed by atoms with Crippen molar-refractivity contribution in [2.24, 2.45) is 5.73 Å². The van der Waals surface area contributed by atoms with Gasteiger partial charge in [0.25, 0.3) is 0 Å². The number of anilines is 1. The van der Waals surface area contributed by atoms with Crippen molar-refractivity contribution in [2.45, 2.75) is 38.3 Å². The Morgan fingerprint density at radius 3 is 2.78 bits per heavy atom. The molecule has 3 N–H and O–H groups in total. The zero-order chi connectivity index (χ0) is 14.9. The molecule has 0 unspecified atom stereocenters. The summed E-state index contributed by atoms with van der Waals surface area (Å²) in [6.45, 7) is 6.27. The van der Waals surface area contributed by atoms with Crippen LogP contribution in [0.4, 0.5) is 5.13 Å². The monoisotopic (exact) mass is 382 g/mol. The van der Waals surface area contributed by atoms with E-state index < -0.39 is 5.54 Å². The molecule has 132 valence electrons. The first kappa shape index (κ1) is 20.6. The summed E-state index contributed by atoms with van der Waals surface area (Å²) in [5.41, 5.74) is 6.50. The molecule has 3 rings (SSSR count). The van der Waals surface area contributed by atoms with Gasteiger partial charge in [0.05, 0.1) is 5.69 Å². The van der Waals surface area contributed by atoms with Gasteiger partial charge in [-0.1, -0.05) is 6.92 Å². The molecule has 6 nitrogen and oxygen atoms in total. The van der Waals surface area contributed by atoms with Crippen LogP contribution in [0.3, 0.4) is 0 Å². The molecule has 2 aliphatic heterocycles. The zero-order valence-corrected chi connectivity index (χ0v) is 15.6. The van der Waals surface area contributed by atoms with E-state index in [0.717, 1.165) is 31.7 Å². The smallest absolute Gasteiger partial charge is 0.246 e. The summed E-state index contributed by atoms with van der Waals surface area (Å²) in [6, 6.07) is 0. The van der Waals surface area contributed by atoms with Crippen LogP contribution in [0.15, 0.2) is 0 Å². The fraction of sp³-hybridized carbons (Fsp3) is 0.714. The van der Waals surface area contributed by atoms with E-state index in [1.165, 1.54) is 4.88 Å². The summed E-state index contributed by atoms with van der Waals surface area (Å²) in [5.74, 6) is -0.135. The third kappa shape index (κ3) is 4.55. The Bertz CT molecular complexity index is 535. The van der Waals surface area contributed by atoms with Gasteiger partial charge in [-0.15, -0.1) is 36.2 Å². The van der Waals surface area contributed by atoms with Gasteiger partial charge in [0.15, 0.2) is 5.13 Å². The van der Waals surface area contributed by atoms with Crippen LogP contribution in [-0.2, 0) is 22.5 Å². The maximum absolute atomic E-state index is 12.4. The number of likely N-dealkylation sites (N-methyl/N-ethyl adjacent to an activating group) is 1. The van der Waals surface area contributed by atoms with E-state index in [1.807, 2.05) is 0 Å². The van der Waals surface area contributed by atoms with E-state index in [-0.39, 0.29) is 30.7 Å². The molecule has 0 atom stereocenters. The molecule has 1 fully saturated rings. The van der Waals surface area contributed by atoms with Gasteiger partial charge in [0.2, 0.25) is 5.91 Å². The number of nitrogens with zero attached hydrogens (tertiary/aromatic N) is 2. The summed E-state index contributed by atoms with van der Waals surface area (Å²) in [7, 11) is 0. The second-order valence-corrected chi connectivity index (χ2v) is 6.81. The lowest BCUT2D eigenvalue weighted by Gasteiger charge is -2.31. The second-order valence-electron chi connectivity index (χ2n) is 5.73. The highest BCUT2D eigenvalue weighted by Gasteiger charge is 2.36. The molecule has 23 heavy (non-hydrogen) atoms. The van der Waals surface area contributed by atoms with Gasteiger partial charge < -0.3 is 15.8 Å². The van der Waals surface area contributed by atoms with Gasteiger partial charge in [-0.25, -0.2) is 4.98 Å². The average molecular weight is 383 g/mol. The van der Waals surface area contributed by atoms with Crippen LogP contribution in [0.2, 0.25) is 0 Å². The lowest BCUT2D eigenvalue weighted by Crippen LogP contribution is -2.54. The molecule has 1 aromatic rings. The van der Waals surface area contributed by atoms with Crippen LogP contribution < -0.4 is 11.1 Å². The van der Waals surface area contributed by atoms with Crippen molar-refractivity contribution in [2.75, 3.05) is 31.6 Å². The summed E-state index contributed by atoms with van der Waals surface area (Å²) in [5, 5.41) is 3.59. The van der Waals surface area contributed by atoms with Gasteiger partial charge in [-0.2, -0.15) is 0 Å². The predicted octanol–water partition coefficient (Wildman–Crippen LogP) is 1.81. The van der Waals surface area contributed by atoms with Crippen molar-refractivity contribution in [1.82, 2.24) is 9.88 Å². The molecule has 0 radical (unpaired) electrons. The highest BCUT2D eigenvalue weighted by Crippen LogP contribution is 2.29. The van der Waals surface area contributed by atoms with Crippen LogP contribution in [0.5, 0.6) is 0 Å². The number of hydrogen-bond donors (Lipinski definition) is 2. The number of thiazole rings is 1. The first-order valence-electron chi connectivity index (χ1n) is 7.50. The molecule has 0 aliphatic carbocycles. The first-order chi connectivity index (χ1) is 10.1. The van der Waals surface area contributed by atoms with Crippen LogP contribution in [0, 0.1) is 0 Å². The standard InChI is InChI=1S/C14H22N4O2S.2ClH/c1-2-18-6-3-10-11(9-18)21-13(16-10)17-12(19)14(15)4-7-20-8-5-14;;/h2-9,15H2,1H3,(H,16,17,19);2*1H. The fourth-order valence-corrected chi connectivity index (χ4v) is 3.80. The van der Waals surface area contributed by atoms with E-state index in [4.69, 9.17) is 10.5 Å². The Morgan fingerprint density at radius 1 is 1.43 bits per heavy atom. The molecular formula is C14H24Cl2N4O2S. The van der Waals surface area contributed by atoms with Crippen LogP contribution >= 0.6 is 36.2 Å². The number of rotatable bonds is 3. The molecule has 0 aromatic carbocycles. The van der Waals surface area contributed by atoms with E-state index in [0.29, 0.717) is 31.2 Å². The Kier molecular flexibility index (Phi) is 7.70. The largest absolute Gasteiger partial charge is 0.381 e. The van der Waals surface area contributed by atoms with Gasteiger partial charge in [0, 0.05) is 37.6 Å². The quantitative estimate of drug-likeness (QED) is 0.832. The number of ether oxygens (including phenoxy) is 1. The first-order valence-corrected chi connectivity index (χ1v) is 8.31. The van der Waals surface area contributed by atoms with Gasteiger partial charge in [-0.3, -0.25) is 9.69 Å². The minimum Gasteiger partial charge on any atom is -0.381 e. The molecular weight excluding hydrogens is 359 g/mol. The van der Waals surface area contributed by atoms with E-state index in [9.17, 15) is 4.79 Å². The van der Waals surface area contributed by atoms with Crippen molar-refractivity contribution >= 4 is 47.2 Å². The predicted molar refractivity (Wildman–Crippen MR) is 96.9 cm³/mol. The molecule has 1 saturated heterocycles. The Morgan fingerprint density at radius 2 is 2.13 bits per heavy atom. The van der Waals surface area contributed by atoms with Gasteiger partial charge in [0.1, 0.15) is 5.54 Å². The molecule has 3 heterocycles. The fourth-order valence-electron chi connectivity index (χ4n) is 2.76. The van der Waals surface area contributed by atoms with Crippen molar-refractivity contribution in [1.29, 1.82) is 0 Å². The maximum atomic E-state index is 12.4. The van der Waals surface area contributed by atoms with Crippen LogP contribution in [0.25, 0.3) is 0 Å². The minimum atomic E-state index is -0.820. The minimum absolute atomic E-state index is 0. The Balaban J connectivity index is 0.00000132. The summed E-state index contributed by atoms with van der Waals surface area (Å²) < 4.78 is 5.28. The highest BCUT2D eigenvalue weighted by molar-refractivity contribution is 7.15. The number of carbonyl (C=O) groups is 1. The average Bonchev–Trinajstić information content (AvgIpc) is 2.89. The highest BCUT2D eigenvalue weighted by atomic mass is 35.5. The van der Waals surface area contributed by atoms with Gasteiger partial charge >= 0.3 is 0 Å². The number of hydrogen-bond acceptors (Lipinski definition) is 6. The molecule has 9 heteroatoms. The third-order valence-corrected chi connectivity index (χ3v) is 5.31. The lowest BCUT2D eigenvalue weighted by molar-refractivity contribution is -0.124. The third-order valence-electron chi connectivity index (χ3n) is 4.32. The van der Waals surface area contributed by atoms with Crippen molar-refractivity contribution < 1.29 is 9.53 Å². The van der Waals surface area contributed by atoms with E-state index in [1.54, 1.807) is 11.3 Å². The number of aromatic nitrogens is 1. The number of fused-ring (bicyclic) bond motifs is 1. The number of nitrogens with two attached hydrogens (primary N) is 1. The molecule has 1 aromatic heterocycles. The SMILES string of the molecule is CCN1CCc2nc(NC(=O)C3(N)CCOCC3)sc2C1.Cl.Cl. The number of nitrogens with one attached hydrogen (secondary N) is 1. The topological polar surface area (TPSA) is 80.5 Å². The molecule has 0 spiro atoms. The summed E-state index contributed by atoms with van der Waals surface area (Å²) >= 11 is 1.57. The van der Waals surface area contributed by atoms with E-state index in [2.05, 4.69) is 22.1 Å². The summed E-state index contributed by atoms with van der Waals surface area (Å²) in [6.07, 6.45) is 2.08. The number of halogens is 2. The summed E-state index contributed by atoms with van der Waals surface area (Å²) in [4.78, 5) is 20.6. The zero-order valence-electron chi connectivity index (χ0n) is 13.2. The normalized spacial score (nSPS) is 19.9. The number of amides is 1. The molecule has 0 saturated carbocycles. The van der Waals surface area contributed by atoms with Crippen molar-refractivity contribution in [3.05, 3.63) is 10.6 Å². The van der Waals surface area contributed by atoms with E-state index >= 15 is 0 Å². The molecule has 0 bridgehead atoms. The lowest BCUT2D eigenvalue weighted by atomic mass is 9.90. The van der Waals surface area contributed by atoms with Crippen LogP contribution in [-0.4, -0.2) is 47.6 Å². The Hall–Kier alpha value is -0.440.